The van der Waals surface area contributed by atoms with Crippen LogP contribution in [0.2, 0.25) is 10.0 Å². The van der Waals surface area contributed by atoms with Crippen molar-refractivity contribution in [3.05, 3.63) is 27.7 Å². The summed E-state index contributed by atoms with van der Waals surface area (Å²) in [5.41, 5.74) is 6.82. The minimum absolute atomic E-state index is 0.171. The Balaban J connectivity index is 2.93. The Morgan fingerprint density at radius 2 is 2.06 bits per heavy atom. The zero-order valence-electron chi connectivity index (χ0n) is 9.39. The van der Waals surface area contributed by atoms with Gasteiger partial charge in [0.2, 0.25) is 0 Å². The van der Waals surface area contributed by atoms with E-state index in [0.717, 1.165) is 12.1 Å². The summed E-state index contributed by atoms with van der Waals surface area (Å²) in [6.07, 6.45) is 0. The van der Waals surface area contributed by atoms with Crippen molar-refractivity contribution in [2.75, 3.05) is 20.2 Å². The lowest BCUT2D eigenvalue weighted by molar-refractivity contribution is 0.414. The number of hydrogen-bond acceptors (Lipinski definition) is 3. The fourth-order valence-corrected chi connectivity index (χ4v) is 1.95. The van der Waals surface area contributed by atoms with Crippen molar-refractivity contribution in [3.63, 3.8) is 0 Å². The Morgan fingerprint density at radius 3 is 2.62 bits per heavy atom. The van der Waals surface area contributed by atoms with Crippen LogP contribution in [-0.4, -0.2) is 20.2 Å². The standard InChI is InChI=1S/C11H16Cl2N2O/c1-3-15-6-8(14)7-4-5-9(16-2)11(13)10(7)12/h4-5,8,15H,3,6,14H2,1-2H3. The molecular formula is C11H16Cl2N2O. The molecule has 0 heterocycles. The molecule has 0 fully saturated rings. The number of methoxy groups -OCH3 is 1. The van der Waals surface area contributed by atoms with E-state index in [9.17, 15) is 0 Å². The maximum Gasteiger partial charge on any atom is 0.139 e. The van der Waals surface area contributed by atoms with E-state index in [0.29, 0.717) is 22.3 Å². The van der Waals surface area contributed by atoms with E-state index in [1.54, 1.807) is 13.2 Å². The molecule has 1 rings (SSSR count). The molecule has 0 saturated carbocycles. The van der Waals surface area contributed by atoms with Crippen LogP contribution in [0.4, 0.5) is 0 Å². The van der Waals surface area contributed by atoms with Gasteiger partial charge in [-0.15, -0.1) is 0 Å². The number of ether oxygens (including phenoxy) is 1. The molecule has 3 nitrogen and oxygen atoms in total. The van der Waals surface area contributed by atoms with Gasteiger partial charge in [0.15, 0.2) is 0 Å². The highest BCUT2D eigenvalue weighted by molar-refractivity contribution is 6.43. The van der Waals surface area contributed by atoms with Crippen molar-refractivity contribution in [2.24, 2.45) is 5.73 Å². The molecule has 0 spiro atoms. The summed E-state index contributed by atoms with van der Waals surface area (Å²) < 4.78 is 5.07. The van der Waals surface area contributed by atoms with Crippen LogP contribution >= 0.6 is 23.2 Å². The first-order chi connectivity index (χ1) is 7.61. The third-order valence-corrected chi connectivity index (χ3v) is 3.19. The van der Waals surface area contributed by atoms with Crippen LogP contribution in [0.5, 0.6) is 5.75 Å². The molecule has 0 saturated heterocycles. The Kier molecular flexibility index (Phi) is 5.35. The van der Waals surface area contributed by atoms with Gasteiger partial charge in [-0.1, -0.05) is 36.2 Å². The predicted octanol–water partition coefficient (Wildman–Crippen LogP) is 2.61. The number of likely N-dealkylation sites (N-methyl/N-ethyl adjacent to an activating group) is 1. The van der Waals surface area contributed by atoms with Gasteiger partial charge >= 0.3 is 0 Å². The maximum absolute atomic E-state index is 6.13. The van der Waals surface area contributed by atoms with Gasteiger partial charge in [0.05, 0.1) is 12.1 Å². The Morgan fingerprint density at radius 1 is 1.38 bits per heavy atom. The molecular weight excluding hydrogens is 247 g/mol. The van der Waals surface area contributed by atoms with E-state index in [2.05, 4.69) is 5.32 Å². The third-order valence-electron chi connectivity index (χ3n) is 2.31. The average molecular weight is 263 g/mol. The van der Waals surface area contributed by atoms with E-state index in [4.69, 9.17) is 33.7 Å². The molecule has 3 N–H and O–H groups in total. The summed E-state index contributed by atoms with van der Waals surface area (Å²) in [5.74, 6) is 0.561. The van der Waals surface area contributed by atoms with Gasteiger partial charge in [0.1, 0.15) is 10.8 Å². The molecule has 90 valence electrons. The molecule has 1 aromatic carbocycles. The number of halogens is 2. The SMILES string of the molecule is CCNCC(N)c1ccc(OC)c(Cl)c1Cl. The predicted molar refractivity (Wildman–Crippen MR) is 68.5 cm³/mol. The van der Waals surface area contributed by atoms with Crippen molar-refractivity contribution in [1.29, 1.82) is 0 Å². The molecule has 5 heteroatoms. The molecule has 0 aliphatic heterocycles. The van der Waals surface area contributed by atoms with Crippen LogP contribution in [0, 0.1) is 0 Å². The zero-order valence-corrected chi connectivity index (χ0v) is 10.9. The fourth-order valence-electron chi connectivity index (χ4n) is 1.40. The van der Waals surface area contributed by atoms with Gasteiger partial charge in [0.25, 0.3) is 0 Å². The fraction of sp³-hybridized carbons (Fsp3) is 0.455. The summed E-state index contributed by atoms with van der Waals surface area (Å²) in [5, 5.41) is 4.04. The minimum atomic E-state index is -0.171. The number of benzene rings is 1. The summed E-state index contributed by atoms with van der Waals surface area (Å²) in [4.78, 5) is 0. The van der Waals surface area contributed by atoms with Crippen LogP contribution < -0.4 is 15.8 Å². The first-order valence-electron chi connectivity index (χ1n) is 5.10. The van der Waals surface area contributed by atoms with Gasteiger partial charge in [0, 0.05) is 12.6 Å². The molecule has 0 bridgehead atoms. The molecule has 16 heavy (non-hydrogen) atoms. The van der Waals surface area contributed by atoms with Crippen molar-refractivity contribution in [1.82, 2.24) is 5.32 Å². The smallest absolute Gasteiger partial charge is 0.139 e. The van der Waals surface area contributed by atoms with Crippen molar-refractivity contribution in [3.8, 4) is 5.75 Å². The van der Waals surface area contributed by atoms with Crippen LogP contribution in [0.15, 0.2) is 12.1 Å². The molecule has 0 aromatic heterocycles. The van der Waals surface area contributed by atoms with Crippen LogP contribution in [0.1, 0.15) is 18.5 Å². The molecule has 0 radical (unpaired) electrons. The highest BCUT2D eigenvalue weighted by atomic mass is 35.5. The second kappa shape index (κ2) is 6.30. The first-order valence-corrected chi connectivity index (χ1v) is 5.85. The quantitative estimate of drug-likeness (QED) is 0.858. The lowest BCUT2D eigenvalue weighted by Crippen LogP contribution is -2.26. The summed E-state index contributed by atoms with van der Waals surface area (Å²) in [7, 11) is 1.55. The normalized spacial score (nSPS) is 12.6. The molecule has 1 aromatic rings. The largest absolute Gasteiger partial charge is 0.495 e. The zero-order chi connectivity index (χ0) is 12.1. The van der Waals surface area contributed by atoms with Crippen LogP contribution in [0.25, 0.3) is 0 Å². The second-order valence-corrected chi connectivity index (χ2v) is 4.16. The molecule has 0 aliphatic carbocycles. The van der Waals surface area contributed by atoms with Crippen molar-refractivity contribution in [2.45, 2.75) is 13.0 Å². The number of hydrogen-bond donors (Lipinski definition) is 2. The van der Waals surface area contributed by atoms with Gasteiger partial charge in [-0.25, -0.2) is 0 Å². The second-order valence-electron chi connectivity index (χ2n) is 3.40. The minimum Gasteiger partial charge on any atom is -0.495 e. The van der Waals surface area contributed by atoms with E-state index < -0.39 is 0 Å². The van der Waals surface area contributed by atoms with E-state index >= 15 is 0 Å². The van der Waals surface area contributed by atoms with Crippen molar-refractivity contribution < 1.29 is 4.74 Å². The lowest BCUT2D eigenvalue weighted by Gasteiger charge is -2.16. The number of nitrogens with two attached hydrogens (primary N) is 1. The van der Waals surface area contributed by atoms with E-state index in [1.807, 2.05) is 13.0 Å². The monoisotopic (exact) mass is 262 g/mol. The highest BCUT2D eigenvalue weighted by Gasteiger charge is 2.15. The highest BCUT2D eigenvalue weighted by Crippen LogP contribution is 2.36. The van der Waals surface area contributed by atoms with Crippen LogP contribution in [-0.2, 0) is 0 Å². The maximum atomic E-state index is 6.13. The topological polar surface area (TPSA) is 47.3 Å². The lowest BCUT2D eigenvalue weighted by atomic mass is 10.1. The Bertz CT molecular complexity index is 358. The number of rotatable bonds is 5. The molecule has 1 unspecified atom stereocenters. The average Bonchev–Trinajstić information content (AvgIpc) is 2.29. The van der Waals surface area contributed by atoms with Gasteiger partial charge in [-0.3, -0.25) is 0 Å². The van der Waals surface area contributed by atoms with Crippen molar-refractivity contribution >= 4 is 23.2 Å². The van der Waals surface area contributed by atoms with Crippen LogP contribution in [0.3, 0.4) is 0 Å². The third kappa shape index (κ3) is 3.01. The number of nitrogens with one attached hydrogen (secondary N) is 1. The van der Waals surface area contributed by atoms with E-state index in [1.165, 1.54) is 0 Å². The summed E-state index contributed by atoms with van der Waals surface area (Å²) in [6.45, 7) is 3.56. The van der Waals surface area contributed by atoms with Gasteiger partial charge in [-0.2, -0.15) is 0 Å². The summed E-state index contributed by atoms with van der Waals surface area (Å²) >= 11 is 12.2. The molecule has 0 amide bonds. The Labute approximate surface area is 106 Å². The van der Waals surface area contributed by atoms with E-state index in [-0.39, 0.29) is 6.04 Å². The molecule has 1 atom stereocenters. The summed E-state index contributed by atoms with van der Waals surface area (Å²) in [6, 6.07) is 3.44. The molecule has 0 aliphatic rings. The first kappa shape index (κ1) is 13.6. The van der Waals surface area contributed by atoms with Gasteiger partial charge in [-0.05, 0) is 18.2 Å². The van der Waals surface area contributed by atoms with Gasteiger partial charge < -0.3 is 15.8 Å². The Hall–Kier alpha value is -0.480.